The summed E-state index contributed by atoms with van der Waals surface area (Å²) in [6.07, 6.45) is 5.67. The predicted molar refractivity (Wildman–Crippen MR) is 110 cm³/mol. The van der Waals surface area contributed by atoms with Gasteiger partial charge in [0.1, 0.15) is 0 Å². The largest absolute Gasteiger partial charge is 0.399 e. The molecule has 0 unspecified atom stereocenters. The molecule has 1 fully saturated rings. The standard InChI is InChI=1S/C19H24N6OS/c20-15-4-5-16-17(14-15)27-25(18(16)26)9-2-1-8-23-10-12-24(13-11-23)19-21-6-3-7-22-19/h3-7,14H,1-2,8-13,20H2. The number of aryl methyl sites for hydroxylation is 1. The summed E-state index contributed by atoms with van der Waals surface area (Å²) in [5.41, 5.74) is 6.62. The van der Waals surface area contributed by atoms with Gasteiger partial charge in [-0.2, -0.15) is 0 Å². The number of benzene rings is 1. The van der Waals surface area contributed by atoms with E-state index in [0.29, 0.717) is 5.69 Å². The molecule has 1 aliphatic rings. The van der Waals surface area contributed by atoms with E-state index in [9.17, 15) is 4.79 Å². The van der Waals surface area contributed by atoms with Crippen LogP contribution in [0.3, 0.4) is 0 Å². The molecule has 0 bridgehead atoms. The molecule has 7 nitrogen and oxygen atoms in total. The number of rotatable bonds is 6. The van der Waals surface area contributed by atoms with Crippen LogP contribution in [0.15, 0.2) is 41.5 Å². The lowest BCUT2D eigenvalue weighted by molar-refractivity contribution is 0.250. The zero-order valence-corrected chi connectivity index (χ0v) is 16.1. The van der Waals surface area contributed by atoms with E-state index in [0.717, 1.165) is 68.1 Å². The Kier molecular flexibility index (Phi) is 5.35. The van der Waals surface area contributed by atoms with Crippen molar-refractivity contribution in [2.75, 3.05) is 43.4 Å². The fraction of sp³-hybridized carbons (Fsp3) is 0.421. The van der Waals surface area contributed by atoms with Gasteiger partial charge in [0.05, 0.1) is 10.1 Å². The van der Waals surface area contributed by atoms with E-state index in [1.807, 2.05) is 22.2 Å². The van der Waals surface area contributed by atoms with Gasteiger partial charge in [0.15, 0.2) is 0 Å². The molecule has 1 aromatic carbocycles. The van der Waals surface area contributed by atoms with Crippen molar-refractivity contribution in [1.29, 1.82) is 0 Å². The monoisotopic (exact) mass is 384 g/mol. The SMILES string of the molecule is Nc1ccc2c(=O)n(CCCCN3CCN(c4ncccn4)CC3)sc2c1. The van der Waals surface area contributed by atoms with Crippen molar-refractivity contribution in [2.24, 2.45) is 0 Å². The number of nitrogens with zero attached hydrogens (tertiary/aromatic N) is 5. The molecular formula is C19H24N6OS. The van der Waals surface area contributed by atoms with Crippen LogP contribution in [-0.2, 0) is 6.54 Å². The van der Waals surface area contributed by atoms with Gasteiger partial charge in [-0.15, -0.1) is 0 Å². The Morgan fingerprint density at radius 1 is 1.04 bits per heavy atom. The van der Waals surface area contributed by atoms with Gasteiger partial charge in [-0.25, -0.2) is 9.97 Å². The number of anilines is 2. The van der Waals surface area contributed by atoms with Crippen LogP contribution in [0.5, 0.6) is 0 Å². The molecule has 4 rings (SSSR count). The summed E-state index contributed by atoms with van der Waals surface area (Å²) >= 11 is 1.51. The quantitative estimate of drug-likeness (QED) is 0.517. The van der Waals surface area contributed by atoms with Crippen molar-refractivity contribution in [3.05, 3.63) is 47.0 Å². The van der Waals surface area contributed by atoms with E-state index in [4.69, 9.17) is 5.73 Å². The molecule has 0 amide bonds. The number of nitrogens with two attached hydrogens (primary N) is 1. The minimum Gasteiger partial charge on any atom is -0.399 e. The maximum absolute atomic E-state index is 12.4. The van der Waals surface area contributed by atoms with E-state index in [-0.39, 0.29) is 5.56 Å². The Morgan fingerprint density at radius 2 is 1.78 bits per heavy atom. The lowest BCUT2D eigenvalue weighted by Crippen LogP contribution is -2.47. The number of piperazine rings is 1. The molecule has 0 saturated carbocycles. The molecule has 2 N–H and O–H groups in total. The highest BCUT2D eigenvalue weighted by Crippen LogP contribution is 2.20. The zero-order valence-electron chi connectivity index (χ0n) is 15.3. The minimum atomic E-state index is 0.103. The minimum absolute atomic E-state index is 0.103. The second kappa shape index (κ2) is 8.06. The molecule has 3 heterocycles. The lowest BCUT2D eigenvalue weighted by atomic mass is 10.2. The first-order valence-corrected chi connectivity index (χ1v) is 10.1. The fourth-order valence-electron chi connectivity index (χ4n) is 3.45. The summed E-state index contributed by atoms with van der Waals surface area (Å²) in [4.78, 5) is 25.8. The summed E-state index contributed by atoms with van der Waals surface area (Å²) in [5, 5.41) is 0.772. The molecule has 0 atom stereocenters. The van der Waals surface area contributed by atoms with Gasteiger partial charge in [-0.3, -0.25) is 13.7 Å². The molecule has 27 heavy (non-hydrogen) atoms. The van der Waals surface area contributed by atoms with Crippen LogP contribution in [0, 0.1) is 0 Å². The van der Waals surface area contributed by atoms with Crippen LogP contribution in [0.4, 0.5) is 11.6 Å². The Hall–Kier alpha value is -2.45. The second-order valence-electron chi connectivity index (χ2n) is 6.84. The number of hydrogen-bond donors (Lipinski definition) is 1. The molecule has 3 aromatic rings. The molecule has 1 aliphatic heterocycles. The first kappa shape index (κ1) is 17.9. The van der Waals surface area contributed by atoms with Crippen LogP contribution in [-0.4, -0.2) is 51.5 Å². The number of aromatic nitrogens is 3. The third kappa shape index (κ3) is 4.12. The third-order valence-electron chi connectivity index (χ3n) is 4.96. The summed E-state index contributed by atoms with van der Waals surface area (Å²) in [5.74, 6) is 0.821. The second-order valence-corrected chi connectivity index (χ2v) is 7.90. The summed E-state index contributed by atoms with van der Waals surface area (Å²) in [6, 6.07) is 7.35. The van der Waals surface area contributed by atoms with Gasteiger partial charge < -0.3 is 10.6 Å². The van der Waals surface area contributed by atoms with Crippen LogP contribution in [0.2, 0.25) is 0 Å². The van der Waals surface area contributed by atoms with Gasteiger partial charge in [0, 0.05) is 50.8 Å². The maximum Gasteiger partial charge on any atom is 0.268 e. The van der Waals surface area contributed by atoms with Crippen molar-refractivity contribution in [2.45, 2.75) is 19.4 Å². The number of nitrogen functional groups attached to an aromatic ring is 1. The first-order chi connectivity index (χ1) is 13.2. The van der Waals surface area contributed by atoms with Crippen molar-refractivity contribution >= 4 is 33.3 Å². The van der Waals surface area contributed by atoms with E-state index in [1.165, 1.54) is 11.5 Å². The Labute approximate surface area is 162 Å². The van der Waals surface area contributed by atoms with Gasteiger partial charge >= 0.3 is 0 Å². The molecule has 0 aliphatic carbocycles. The molecule has 8 heteroatoms. The average molecular weight is 385 g/mol. The molecular weight excluding hydrogens is 360 g/mol. The zero-order chi connectivity index (χ0) is 18.6. The van der Waals surface area contributed by atoms with Crippen LogP contribution < -0.4 is 16.2 Å². The molecule has 0 spiro atoms. The van der Waals surface area contributed by atoms with E-state index < -0.39 is 0 Å². The summed E-state index contributed by atoms with van der Waals surface area (Å²) in [7, 11) is 0. The van der Waals surface area contributed by atoms with Crippen LogP contribution in [0.1, 0.15) is 12.8 Å². The van der Waals surface area contributed by atoms with Gasteiger partial charge in [0.2, 0.25) is 5.95 Å². The normalized spacial score (nSPS) is 15.5. The van der Waals surface area contributed by atoms with Crippen molar-refractivity contribution in [3.63, 3.8) is 0 Å². The van der Waals surface area contributed by atoms with Crippen LogP contribution in [0.25, 0.3) is 10.1 Å². The van der Waals surface area contributed by atoms with Crippen molar-refractivity contribution in [1.82, 2.24) is 18.8 Å². The molecule has 1 saturated heterocycles. The van der Waals surface area contributed by atoms with E-state index in [2.05, 4.69) is 19.8 Å². The highest BCUT2D eigenvalue weighted by Gasteiger charge is 2.18. The summed E-state index contributed by atoms with van der Waals surface area (Å²) < 4.78 is 2.83. The number of fused-ring (bicyclic) bond motifs is 1. The van der Waals surface area contributed by atoms with E-state index in [1.54, 1.807) is 18.5 Å². The lowest BCUT2D eigenvalue weighted by Gasteiger charge is -2.34. The first-order valence-electron chi connectivity index (χ1n) is 9.34. The molecule has 0 radical (unpaired) electrons. The fourth-order valence-corrected chi connectivity index (χ4v) is 4.53. The van der Waals surface area contributed by atoms with Crippen molar-refractivity contribution in [3.8, 4) is 0 Å². The van der Waals surface area contributed by atoms with Gasteiger partial charge in [-0.05, 0) is 43.7 Å². The number of unbranched alkanes of at least 4 members (excludes halogenated alkanes) is 1. The third-order valence-corrected chi connectivity index (χ3v) is 6.07. The van der Waals surface area contributed by atoms with Gasteiger partial charge in [-0.1, -0.05) is 11.5 Å². The summed E-state index contributed by atoms with van der Waals surface area (Å²) in [6.45, 7) is 5.81. The number of hydrogen-bond acceptors (Lipinski definition) is 7. The van der Waals surface area contributed by atoms with E-state index >= 15 is 0 Å². The van der Waals surface area contributed by atoms with Crippen LogP contribution >= 0.6 is 11.5 Å². The van der Waals surface area contributed by atoms with Gasteiger partial charge in [0.25, 0.3) is 5.56 Å². The topological polar surface area (TPSA) is 80.3 Å². The Balaban J connectivity index is 1.23. The highest BCUT2D eigenvalue weighted by atomic mass is 32.1. The average Bonchev–Trinajstić information content (AvgIpc) is 3.01. The predicted octanol–water partition coefficient (Wildman–Crippen LogP) is 2.04. The smallest absolute Gasteiger partial charge is 0.268 e. The highest BCUT2D eigenvalue weighted by molar-refractivity contribution is 7.13. The Bertz CT molecular complexity index is 946. The molecule has 142 valence electrons. The maximum atomic E-state index is 12.4. The molecule has 2 aromatic heterocycles. The van der Waals surface area contributed by atoms with Crippen molar-refractivity contribution < 1.29 is 0 Å². The Morgan fingerprint density at radius 3 is 2.56 bits per heavy atom.